The largest absolute Gasteiger partial charge is 0.480 e. The molecule has 1 aliphatic heterocycles. The Morgan fingerprint density at radius 3 is 2.50 bits per heavy atom. The Bertz CT molecular complexity index is 260. The predicted molar refractivity (Wildman–Crippen MR) is 55.0 cm³/mol. The van der Waals surface area contributed by atoms with Gasteiger partial charge in [-0.25, -0.2) is 4.79 Å². The number of amides is 1. The van der Waals surface area contributed by atoms with Crippen molar-refractivity contribution in [1.29, 1.82) is 0 Å². The van der Waals surface area contributed by atoms with Crippen LogP contribution in [0.2, 0.25) is 0 Å². The number of rotatable bonds is 4. The third-order valence-electron chi connectivity index (χ3n) is 2.34. The molecule has 1 fully saturated rings. The highest BCUT2D eigenvalue weighted by Crippen LogP contribution is 2.05. The molecule has 1 saturated heterocycles. The lowest BCUT2D eigenvalue weighted by atomic mass is 10.0. The van der Waals surface area contributed by atoms with Crippen molar-refractivity contribution in [3.05, 3.63) is 0 Å². The number of ether oxygens (including phenoxy) is 2. The van der Waals surface area contributed by atoms with Gasteiger partial charge in [-0.2, -0.15) is 0 Å². The van der Waals surface area contributed by atoms with Crippen molar-refractivity contribution in [3.63, 3.8) is 0 Å². The Morgan fingerprint density at radius 1 is 1.38 bits per heavy atom. The van der Waals surface area contributed by atoms with E-state index in [1.807, 2.05) is 0 Å². The fraction of sp³-hybridized carbons (Fsp3) is 0.800. The highest BCUT2D eigenvalue weighted by Gasteiger charge is 2.29. The molecule has 1 unspecified atom stereocenters. The van der Waals surface area contributed by atoms with E-state index < -0.39 is 24.0 Å². The van der Waals surface area contributed by atoms with Crippen molar-refractivity contribution >= 4 is 11.9 Å². The van der Waals surface area contributed by atoms with Gasteiger partial charge in [0.25, 0.3) is 5.91 Å². The summed E-state index contributed by atoms with van der Waals surface area (Å²) in [5.74, 6) is -1.65. The van der Waals surface area contributed by atoms with Crippen LogP contribution in [0.1, 0.15) is 13.8 Å². The van der Waals surface area contributed by atoms with E-state index in [0.717, 1.165) is 0 Å². The molecular weight excluding hydrogens is 214 g/mol. The Kier molecular flexibility index (Phi) is 4.70. The van der Waals surface area contributed by atoms with Crippen LogP contribution in [0.5, 0.6) is 0 Å². The molecule has 1 amide bonds. The normalized spacial score (nSPS) is 22.8. The fourth-order valence-corrected chi connectivity index (χ4v) is 1.40. The van der Waals surface area contributed by atoms with Crippen molar-refractivity contribution in [2.75, 3.05) is 19.8 Å². The van der Waals surface area contributed by atoms with Crippen LogP contribution in [0.15, 0.2) is 0 Å². The lowest BCUT2D eigenvalue weighted by molar-refractivity contribution is -0.153. The average Bonchev–Trinajstić information content (AvgIpc) is 2.25. The second kappa shape index (κ2) is 5.81. The summed E-state index contributed by atoms with van der Waals surface area (Å²) >= 11 is 0. The lowest BCUT2D eigenvalue weighted by Gasteiger charge is -2.25. The van der Waals surface area contributed by atoms with Gasteiger partial charge in [0, 0.05) is 0 Å². The van der Waals surface area contributed by atoms with Crippen LogP contribution in [0.4, 0.5) is 0 Å². The predicted octanol–water partition coefficient (Wildman–Crippen LogP) is -0.373. The number of carboxylic acids is 1. The molecule has 0 saturated carbocycles. The first kappa shape index (κ1) is 12.9. The summed E-state index contributed by atoms with van der Waals surface area (Å²) in [5, 5.41) is 11.3. The molecule has 6 heteroatoms. The number of carbonyl (C=O) groups excluding carboxylic acids is 1. The zero-order valence-electron chi connectivity index (χ0n) is 9.43. The van der Waals surface area contributed by atoms with E-state index in [2.05, 4.69) is 5.32 Å². The van der Waals surface area contributed by atoms with Gasteiger partial charge < -0.3 is 19.9 Å². The van der Waals surface area contributed by atoms with E-state index in [-0.39, 0.29) is 12.5 Å². The van der Waals surface area contributed by atoms with Gasteiger partial charge in [0.15, 0.2) is 6.10 Å². The summed E-state index contributed by atoms with van der Waals surface area (Å²) in [7, 11) is 0. The third-order valence-corrected chi connectivity index (χ3v) is 2.34. The zero-order valence-corrected chi connectivity index (χ0v) is 9.43. The molecule has 92 valence electrons. The fourth-order valence-electron chi connectivity index (χ4n) is 1.40. The van der Waals surface area contributed by atoms with E-state index in [1.54, 1.807) is 13.8 Å². The monoisotopic (exact) mass is 231 g/mol. The average molecular weight is 231 g/mol. The lowest BCUT2D eigenvalue weighted by Crippen LogP contribution is -2.51. The molecule has 0 aromatic carbocycles. The van der Waals surface area contributed by atoms with Crippen molar-refractivity contribution in [1.82, 2.24) is 5.32 Å². The van der Waals surface area contributed by atoms with Gasteiger partial charge in [0.2, 0.25) is 0 Å². The SMILES string of the molecule is CC(C)[C@H](NC(=O)C1COCCO1)C(=O)O. The van der Waals surface area contributed by atoms with Crippen LogP contribution in [0, 0.1) is 5.92 Å². The summed E-state index contributed by atoms with van der Waals surface area (Å²) in [6.07, 6.45) is -0.700. The van der Waals surface area contributed by atoms with Crippen LogP contribution in [0.3, 0.4) is 0 Å². The second-order valence-corrected chi connectivity index (χ2v) is 4.00. The summed E-state index contributed by atoms with van der Waals surface area (Å²) in [5.41, 5.74) is 0. The van der Waals surface area contributed by atoms with Crippen molar-refractivity contribution < 1.29 is 24.2 Å². The van der Waals surface area contributed by atoms with E-state index in [4.69, 9.17) is 14.6 Å². The van der Waals surface area contributed by atoms with Crippen LogP contribution < -0.4 is 5.32 Å². The molecule has 16 heavy (non-hydrogen) atoms. The molecule has 0 aromatic heterocycles. The summed E-state index contributed by atoms with van der Waals surface area (Å²) in [4.78, 5) is 22.5. The van der Waals surface area contributed by atoms with Gasteiger partial charge in [-0.15, -0.1) is 0 Å². The number of nitrogens with one attached hydrogen (secondary N) is 1. The van der Waals surface area contributed by atoms with Crippen LogP contribution in [0.25, 0.3) is 0 Å². The molecule has 0 aromatic rings. The molecule has 0 bridgehead atoms. The topological polar surface area (TPSA) is 84.9 Å². The number of carbonyl (C=O) groups is 2. The van der Waals surface area contributed by atoms with Crippen LogP contribution in [-0.2, 0) is 19.1 Å². The van der Waals surface area contributed by atoms with Crippen molar-refractivity contribution in [2.45, 2.75) is 26.0 Å². The quantitative estimate of drug-likeness (QED) is 0.689. The van der Waals surface area contributed by atoms with E-state index in [0.29, 0.717) is 13.2 Å². The summed E-state index contributed by atoms with van der Waals surface area (Å²) in [6.45, 7) is 4.47. The first-order chi connectivity index (χ1) is 7.52. The Labute approximate surface area is 93.9 Å². The number of aliphatic carboxylic acids is 1. The molecule has 6 nitrogen and oxygen atoms in total. The van der Waals surface area contributed by atoms with E-state index >= 15 is 0 Å². The molecule has 0 aliphatic carbocycles. The number of carboxylic acid groups (broad SMARTS) is 1. The smallest absolute Gasteiger partial charge is 0.326 e. The second-order valence-electron chi connectivity index (χ2n) is 4.00. The first-order valence-corrected chi connectivity index (χ1v) is 5.25. The maximum Gasteiger partial charge on any atom is 0.326 e. The van der Waals surface area contributed by atoms with Crippen LogP contribution >= 0.6 is 0 Å². The molecular formula is C10H17NO5. The minimum Gasteiger partial charge on any atom is -0.480 e. The maximum absolute atomic E-state index is 11.6. The Hall–Kier alpha value is -1.14. The standard InChI is InChI=1S/C10H17NO5/c1-6(2)8(10(13)14)11-9(12)7-5-15-3-4-16-7/h6-8H,3-5H2,1-2H3,(H,11,12)(H,13,14)/t7?,8-/m0/s1. The third kappa shape index (κ3) is 3.46. The molecule has 0 radical (unpaired) electrons. The number of hydrogen-bond acceptors (Lipinski definition) is 4. The minimum atomic E-state index is -1.04. The van der Waals surface area contributed by atoms with E-state index in [9.17, 15) is 9.59 Å². The highest BCUT2D eigenvalue weighted by atomic mass is 16.6. The summed E-state index contributed by atoms with van der Waals surface area (Å²) < 4.78 is 10.2. The maximum atomic E-state index is 11.6. The Morgan fingerprint density at radius 2 is 2.06 bits per heavy atom. The van der Waals surface area contributed by atoms with Gasteiger partial charge in [-0.3, -0.25) is 4.79 Å². The van der Waals surface area contributed by atoms with Crippen LogP contribution in [-0.4, -0.2) is 48.9 Å². The van der Waals surface area contributed by atoms with Gasteiger partial charge >= 0.3 is 5.97 Å². The van der Waals surface area contributed by atoms with Gasteiger partial charge in [0.1, 0.15) is 6.04 Å². The molecule has 1 rings (SSSR count). The molecule has 1 heterocycles. The molecule has 2 N–H and O–H groups in total. The van der Waals surface area contributed by atoms with Crippen molar-refractivity contribution in [2.24, 2.45) is 5.92 Å². The first-order valence-electron chi connectivity index (χ1n) is 5.25. The summed E-state index contributed by atoms with van der Waals surface area (Å²) in [6, 6.07) is -0.891. The molecule has 1 aliphatic rings. The molecule has 2 atom stereocenters. The van der Waals surface area contributed by atoms with Gasteiger partial charge in [-0.1, -0.05) is 13.8 Å². The number of hydrogen-bond donors (Lipinski definition) is 2. The van der Waals surface area contributed by atoms with Gasteiger partial charge in [-0.05, 0) is 5.92 Å². The zero-order chi connectivity index (χ0) is 12.1. The Balaban J connectivity index is 2.50. The highest BCUT2D eigenvalue weighted by molar-refractivity contribution is 5.86. The van der Waals surface area contributed by atoms with E-state index in [1.165, 1.54) is 0 Å². The minimum absolute atomic E-state index is 0.175. The molecule has 0 spiro atoms. The van der Waals surface area contributed by atoms with Gasteiger partial charge in [0.05, 0.1) is 19.8 Å². The van der Waals surface area contributed by atoms with Crippen molar-refractivity contribution in [3.8, 4) is 0 Å².